The van der Waals surface area contributed by atoms with Gasteiger partial charge in [-0.05, 0) is 72.8 Å². The van der Waals surface area contributed by atoms with E-state index in [1.165, 1.54) is 5.69 Å². The molecule has 0 saturated carbocycles. The number of methoxy groups -OCH3 is 2. The Bertz CT molecular complexity index is 1550. The lowest BCUT2D eigenvalue weighted by Gasteiger charge is -2.38. The van der Waals surface area contributed by atoms with Crippen LogP contribution in [0.15, 0.2) is 72.8 Å². The van der Waals surface area contributed by atoms with Crippen LogP contribution in [0.4, 0.5) is 11.6 Å². The Labute approximate surface area is 262 Å². The van der Waals surface area contributed by atoms with E-state index in [4.69, 9.17) is 26.1 Å². The van der Waals surface area contributed by atoms with Crippen LogP contribution in [-0.2, 0) is 4.79 Å². The average Bonchev–Trinajstić information content (AvgIpc) is 3.09. The first kappa shape index (κ1) is 29.7. The molecule has 2 aliphatic heterocycles. The molecule has 228 valence electrons. The van der Waals surface area contributed by atoms with Crippen molar-refractivity contribution in [2.75, 3.05) is 82.9 Å². The molecule has 3 heterocycles. The van der Waals surface area contributed by atoms with E-state index in [2.05, 4.69) is 37.0 Å². The fourth-order valence-corrected chi connectivity index (χ4v) is 5.73. The number of ether oxygens (including phenoxy) is 2. The normalized spacial score (nSPS) is 15.8. The summed E-state index contributed by atoms with van der Waals surface area (Å²) in [7, 11) is 3.29. The smallest absolute Gasteiger partial charge is 0.246 e. The van der Waals surface area contributed by atoms with E-state index in [0.717, 1.165) is 59.5 Å². The topological polar surface area (TPSA) is 87.2 Å². The molecule has 6 rings (SSSR count). The van der Waals surface area contributed by atoms with Gasteiger partial charge in [-0.25, -0.2) is 4.98 Å². The van der Waals surface area contributed by atoms with Crippen molar-refractivity contribution in [3.8, 4) is 34.0 Å². The van der Waals surface area contributed by atoms with Crippen molar-refractivity contribution in [2.24, 2.45) is 0 Å². The van der Waals surface area contributed by atoms with Gasteiger partial charge in [0, 0.05) is 74.2 Å². The first-order valence-electron chi connectivity index (χ1n) is 14.8. The van der Waals surface area contributed by atoms with Crippen LogP contribution in [0.25, 0.3) is 22.5 Å². The number of carbonyl (C=O) groups is 1. The Kier molecular flexibility index (Phi) is 9.09. The molecule has 1 amide bonds. The molecule has 0 atom stereocenters. The molecule has 1 aromatic heterocycles. The predicted molar refractivity (Wildman–Crippen MR) is 173 cm³/mol. The lowest BCUT2D eigenvalue weighted by molar-refractivity contribution is -0.132. The number of carbonyl (C=O) groups excluding carboxylic acids is 1. The molecular weight excluding hydrogens is 578 g/mol. The number of anilines is 2. The first-order chi connectivity index (χ1) is 21.5. The van der Waals surface area contributed by atoms with Gasteiger partial charge in [-0.1, -0.05) is 11.6 Å². The summed E-state index contributed by atoms with van der Waals surface area (Å²) < 4.78 is 10.7. The van der Waals surface area contributed by atoms with E-state index in [1.807, 2.05) is 65.6 Å². The zero-order chi connectivity index (χ0) is 30.5. The maximum Gasteiger partial charge on any atom is 0.246 e. The number of halogens is 1. The highest BCUT2D eigenvalue weighted by atomic mass is 35.5. The van der Waals surface area contributed by atoms with Crippen LogP contribution in [0, 0.1) is 0 Å². The van der Waals surface area contributed by atoms with Crippen LogP contribution in [0.3, 0.4) is 0 Å². The summed E-state index contributed by atoms with van der Waals surface area (Å²) in [5.41, 5.74) is 4.40. The largest absolute Gasteiger partial charge is 0.497 e. The minimum absolute atomic E-state index is 0.164. The minimum atomic E-state index is 0.164. The summed E-state index contributed by atoms with van der Waals surface area (Å²) >= 11 is 6.04. The van der Waals surface area contributed by atoms with Gasteiger partial charge in [0.05, 0.1) is 20.8 Å². The third kappa shape index (κ3) is 6.71. The third-order valence-corrected chi connectivity index (χ3v) is 8.49. The number of piperazine rings is 2. The summed E-state index contributed by atoms with van der Waals surface area (Å²) in [6, 6.07) is 23.4. The SMILES string of the molecule is COc1ccc(-c2nnc(N3CCN(C(=O)CN4CCN(c5ccc(Cl)cc5)CC4)CC3)nc2-c2ccc(OC)cc2)cc1. The molecule has 4 aromatic rings. The molecule has 0 N–H and O–H groups in total. The standard InChI is InChI=1S/C33H36ClN7O3/c1-43-28-11-3-24(4-12-28)31-32(25-5-13-29(44-2)14-6-25)36-37-33(35-31)41-21-19-40(20-22-41)30(42)23-38-15-17-39(18-16-38)27-9-7-26(34)8-10-27/h3-14H,15-23H2,1-2H3. The highest BCUT2D eigenvalue weighted by molar-refractivity contribution is 6.30. The zero-order valence-corrected chi connectivity index (χ0v) is 25.8. The number of nitrogens with zero attached hydrogens (tertiary/aromatic N) is 7. The maximum absolute atomic E-state index is 13.2. The highest BCUT2D eigenvalue weighted by Crippen LogP contribution is 2.32. The molecule has 2 aliphatic rings. The Morgan fingerprint density at radius 1 is 0.682 bits per heavy atom. The van der Waals surface area contributed by atoms with E-state index in [0.29, 0.717) is 44.4 Å². The fraction of sp³-hybridized carbons (Fsp3) is 0.333. The summed E-state index contributed by atoms with van der Waals surface area (Å²) in [5.74, 6) is 2.26. The number of aromatic nitrogens is 3. The van der Waals surface area contributed by atoms with Gasteiger partial charge in [-0.15, -0.1) is 10.2 Å². The van der Waals surface area contributed by atoms with Gasteiger partial charge >= 0.3 is 0 Å². The summed E-state index contributed by atoms with van der Waals surface area (Å²) in [5, 5.41) is 9.91. The van der Waals surface area contributed by atoms with E-state index in [-0.39, 0.29) is 5.91 Å². The second-order valence-electron chi connectivity index (χ2n) is 10.9. The third-order valence-electron chi connectivity index (χ3n) is 8.24. The monoisotopic (exact) mass is 613 g/mol. The van der Waals surface area contributed by atoms with Gasteiger partial charge in [0.25, 0.3) is 0 Å². The highest BCUT2D eigenvalue weighted by Gasteiger charge is 2.27. The lowest BCUT2D eigenvalue weighted by Crippen LogP contribution is -2.54. The van der Waals surface area contributed by atoms with Crippen molar-refractivity contribution in [3.63, 3.8) is 0 Å². The number of hydrogen-bond donors (Lipinski definition) is 0. The van der Waals surface area contributed by atoms with Crippen LogP contribution < -0.4 is 19.3 Å². The molecule has 3 aromatic carbocycles. The molecule has 0 bridgehead atoms. The maximum atomic E-state index is 13.2. The predicted octanol–water partition coefficient (Wildman–Crippen LogP) is 4.35. The Morgan fingerprint density at radius 3 is 1.80 bits per heavy atom. The van der Waals surface area contributed by atoms with Crippen LogP contribution in [-0.4, -0.2) is 104 Å². The second kappa shape index (κ2) is 13.5. The van der Waals surface area contributed by atoms with Gasteiger partial charge < -0.3 is 24.2 Å². The van der Waals surface area contributed by atoms with Crippen molar-refractivity contribution in [1.82, 2.24) is 25.0 Å². The average molecular weight is 614 g/mol. The van der Waals surface area contributed by atoms with Gasteiger partial charge in [-0.2, -0.15) is 0 Å². The van der Waals surface area contributed by atoms with Crippen LogP contribution >= 0.6 is 11.6 Å². The van der Waals surface area contributed by atoms with Crippen molar-refractivity contribution < 1.29 is 14.3 Å². The molecular formula is C33H36ClN7O3. The van der Waals surface area contributed by atoms with Crippen LogP contribution in [0.2, 0.25) is 5.02 Å². The Morgan fingerprint density at radius 2 is 1.23 bits per heavy atom. The molecule has 10 nitrogen and oxygen atoms in total. The van der Waals surface area contributed by atoms with Gasteiger partial charge in [-0.3, -0.25) is 9.69 Å². The molecule has 0 aliphatic carbocycles. The van der Waals surface area contributed by atoms with E-state index >= 15 is 0 Å². The first-order valence-corrected chi connectivity index (χ1v) is 15.2. The number of benzene rings is 3. The molecule has 0 spiro atoms. The molecule has 2 saturated heterocycles. The van der Waals surface area contributed by atoms with Gasteiger partial charge in [0.1, 0.15) is 22.9 Å². The number of amides is 1. The molecule has 11 heteroatoms. The number of rotatable bonds is 8. The lowest BCUT2D eigenvalue weighted by atomic mass is 10.0. The zero-order valence-electron chi connectivity index (χ0n) is 25.0. The van der Waals surface area contributed by atoms with E-state index in [1.54, 1.807) is 14.2 Å². The Balaban J connectivity index is 1.09. The van der Waals surface area contributed by atoms with Crippen LogP contribution in [0.1, 0.15) is 0 Å². The summed E-state index contributed by atoms with van der Waals surface area (Å²) in [6.07, 6.45) is 0. The minimum Gasteiger partial charge on any atom is -0.497 e. The molecule has 44 heavy (non-hydrogen) atoms. The van der Waals surface area contributed by atoms with Gasteiger partial charge in [0.15, 0.2) is 0 Å². The van der Waals surface area contributed by atoms with E-state index in [9.17, 15) is 4.79 Å². The van der Waals surface area contributed by atoms with Gasteiger partial charge in [0.2, 0.25) is 11.9 Å². The van der Waals surface area contributed by atoms with E-state index < -0.39 is 0 Å². The van der Waals surface area contributed by atoms with Crippen molar-refractivity contribution in [1.29, 1.82) is 0 Å². The quantitative estimate of drug-likeness (QED) is 0.288. The number of hydrogen-bond acceptors (Lipinski definition) is 9. The van der Waals surface area contributed by atoms with Crippen molar-refractivity contribution in [2.45, 2.75) is 0 Å². The molecule has 2 fully saturated rings. The Hall–Kier alpha value is -4.41. The van der Waals surface area contributed by atoms with Crippen LogP contribution in [0.5, 0.6) is 11.5 Å². The fourth-order valence-electron chi connectivity index (χ4n) is 5.61. The van der Waals surface area contributed by atoms with Crippen molar-refractivity contribution in [3.05, 3.63) is 77.8 Å². The van der Waals surface area contributed by atoms with Crippen molar-refractivity contribution >= 4 is 29.1 Å². The summed E-state index contributed by atoms with van der Waals surface area (Å²) in [4.78, 5) is 26.8. The summed E-state index contributed by atoms with van der Waals surface area (Å²) in [6.45, 7) is 6.42. The second-order valence-corrected chi connectivity index (χ2v) is 11.3. The molecule has 0 radical (unpaired) electrons. The molecule has 0 unspecified atom stereocenters.